The highest BCUT2D eigenvalue weighted by Gasteiger charge is 2.20. The minimum absolute atomic E-state index is 0.127. The van der Waals surface area contributed by atoms with Gasteiger partial charge < -0.3 is 16.4 Å². The molecule has 0 unspecified atom stereocenters. The minimum atomic E-state index is -0.410. The molecule has 3 aromatic rings. The second-order valence-electron chi connectivity index (χ2n) is 5.82. The van der Waals surface area contributed by atoms with Gasteiger partial charge in [-0.25, -0.2) is 9.78 Å². The van der Waals surface area contributed by atoms with Crippen LogP contribution in [0.4, 0.5) is 16.3 Å². The zero-order chi connectivity index (χ0) is 19.6. The molecule has 27 heavy (non-hydrogen) atoms. The Hall–Kier alpha value is -2.77. The number of hydrogen-bond donors (Lipinski definition) is 3. The number of urea groups is 1. The van der Waals surface area contributed by atoms with Crippen molar-refractivity contribution in [2.75, 3.05) is 17.6 Å². The maximum absolute atomic E-state index is 13.0. The first-order valence-corrected chi connectivity index (χ1v) is 8.98. The summed E-state index contributed by atoms with van der Waals surface area (Å²) in [5, 5.41) is 6.22. The number of benzene rings is 1. The highest BCUT2D eigenvalue weighted by atomic mass is 35.5. The van der Waals surface area contributed by atoms with Crippen LogP contribution in [0.25, 0.3) is 10.9 Å². The molecule has 0 spiro atoms. The molecule has 4 N–H and O–H groups in total. The maximum atomic E-state index is 13.0. The Bertz CT molecular complexity index is 1010. The van der Waals surface area contributed by atoms with Gasteiger partial charge in [-0.15, -0.1) is 0 Å². The van der Waals surface area contributed by atoms with Crippen molar-refractivity contribution >= 4 is 57.5 Å². The van der Waals surface area contributed by atoms with Gasteiger partial charge in [-0.1, -0.05) is 30.1 Å². The molecule has 0 fully saturated rings. The predicted octanol–water partition coefficient (Wildman–Crippen LogP) is 4.15. The van der Waals surface area contributed by atoms with Crippen LogP contribution in [-0.4, -0.2) is 28.0 Å². The summed E-state index contributed by atoms with van der Waals surface area (Å²) in [6.45, 7) is 2.49. The highest BCUT2D eigenvalue weighted by molar-refractivity contribution is 6.40. The number of aromatic nitrogens is 2. The first-order chi connectivity index (χ1) is 12.9. The molecule has 2 amide bonds. The van der Waals surface area contributed by atoms with Gasteiger partial charge in [-0.2, -0.15) is 0 Å². The average molecular weight is 406 g/mol. The van der Waals surface area contributed by atoms with E-state index in [9.17, 15) is 9.59 Å². The lowest BCUT2D eigenvalue weighted by atomic mass is 10.2. The fourth-order valence-corrected chi connectivity index (χ4v) is 3.30. The normalized spacial score (nSPS) is 10.8. The van der Waals surface area contributed by atoms with Gasteiger partial charge in [0.15, 0.2) is 0 Å². The van der Waals surface area contributed by atoms with Gasteiger partial charge in [-0.3, -0.25) is 9.36 Å². The summed E-state index contributed by atoms with van der Waals surface area (Å²) in [5.74, 6) is -0.0820. The van der Waals surface area contributed by atoms with Crippen LogP contribution in [-0.2, 0) is 0 Å². The number of carbonyl (C=O) groups excluding carboxylic acids is 2. The van der Waals surface area contributed by atoms with Crippen molar-refractivity contribution in [2.45, 2.75) is 13.3 Å². The molecule has 0 bridgehead atoms. The number of nitrogens with two attached hydrogens (primary N) is 1. The molecular formula is C18H17Cl2N5O2. The van der Waals surface area contributed by atoms with E-state index in [2.05, 4.69) is 15.6 Å². The molecule has 0 saturated carbocycles. The van der Waals surface area contributed by atoms with Gasteiger partial charge in [0.1, 0.15) is 5.82 Å². The van der Waals surface area contributed by atoms with E-state index in [4.69, 9.17) is 28.9 Å². The van der Waals surface area contributed by atoms with Gasteiger partial charge in [0, 0.05) is 30.0 Å². The molecule has 3 rings (SSSR count). The summed E-state index contributed by atoms with van der Waals surface area (Å²) >= 11 is 12.6. The van der Waals surface area contributed by atoms with Crippen molar-refractivity contribution < 1.29 is 9.59 Å². The second kappa shape index (κ2) is 7.85. The second-order valence-corrected chi connectivity index (χ2v) is 6.63. The molecule has 0 atom stereocenters. The minimum Gasteiger partial charge on any atom is -0.383 e. The molecule has 0 aliphatic rings. The fraction of sp³-hybridized carbons (Fsp3) is 0.167. The largest absolute Gasteiger partial charge is 0.383 e. The van der Waals surface area contributed by atoms with E-state index in [0.29, 0.717) is 29.0 Å². The summed E-state index contributed by atoms with van der Waals surface area (Å²) in [6, 6.07) is 5.97. The molecule has 140 valence electrons. The number of nitrogen functional groups attached to an aromatic ring is 1. The van der Waals surface area contributed by atoms with E-state index in [1.54, 1.807) is 18.3 Å². The monoisotopic (exact) mass is 405 g/mol. The molecule has 0 radical (unpaired) electrons. The predicted molar refractivity (Wildman–Crippen MR) is 108 cm³/mol. The third kappa shape index (κ3) is 3.84. The van der Waals surface area contributed by atoms with Crippen molar-refractivity contribution in [1.82, 2.24) is 14.9 Å². The summed E-state index contributed by atoms with van der Waals surface area (Å²) in [5.41, 5.74) is 6.95. The number of halogens is 2. The number of hydrogen-bond acceptors (Lipinski definition) is 4. The number of amides is 2. The Balaban J connectivity index is 1.93. The van der Waals surface area contributed by atoms with Gasteiger partial charge in [-0.05, 0) is 30.7 Å². The third-order valence-electron chi connectivity index (χ3n) is 3.92. The van der Waals surface area contributed by atoms with Gasteiger partial charge >= 0.3 is 6.03 Å². The van der Waals surface area contributed by atoms with E-state index >= 15 is 0 Å². The number of pyridine rings is 1. The van der Waals surface area contributed by atoms with Crippen molar-refractivity contribution in [3.05, 3.63) is 52.3 Å². The van der Waals surface area contributed by atoms with Gasteiger partial charge in [0.2, 0.25) is 0 Å². The van der Waals surface area contributed by atoms with Crippen LogP contribution in [0.5, 0.6) is 0 Å². The van der Waals surface area contributed by atoms with Crippen molar-refractivity contribution in [3.8, 4) is 0 Å². The summed E-state index contributed by atoms with van der Waals surface area (Å²) in [7, 11) is 0. The summed E-state index contributed by atoms with van der Waals surface area (Å²) < 4.78 is 1.40. The molecular weight excluding hydrogens is 389 g/mol. The van der Waals surface area contributed by atoms with Gasteiger partial charge in [0.25, 0.3) is 5.91 Å². The van der Waals surface area contributed by atoms with Crippen LogP contribution in [0.1, 0.15) is 23.7 Å². The standard InChI is InChI=1S/C18H17Cl2N5O2/c1-2-5-23-18(27)24-10-8-12(19)15(13(20)9-10)17(26)25-7-4-11-14(25)3-6-22-16(11)21/h3-4,6-9H,2,5H2,1H3,(H2,21,22)(H2,23,24,27). The zero-order valence-corrected chi connectivity index (χ0v) is 15.9. The van der Waals surface area contributed by atoms with Crippen LogP contribution in [0.2, 0.25) is 10.0 Å². The van der Waals surface area contributed by atoms with Gasteiger partial charge in [0.05, 0.1) is 21.1 Å². The number of nitrogens with one attached hydrogen (secondary N) is 2. The van der Waals surface area contributed by atoms with Crippen LogP contribution >= 0.6 is 23.2 Å². The first kappa shape index (κ1) is 19.0. The summed E-state index contributed by atoms with van der Waals surface area (Å²) in [4.78, 5) is 28.8. The quantitative estimate of drug-likeness (QED) is 0.606. The van der Waals surface area contributed by atoms with Crippen molar-refractivity contribution in [3.63, 3.8) is 0 Å². The first-order valence-electron chi connectivity index (χ1n) is 8.22. The molecule has 2 aromatic heterocycles. The maximum Gasteiger partial charge on any atom is 0.319 e. The molecule has 7 nitrogen and oxygen atoms in total. The van der Waals surface area contributed by atoms with E-state index < -0.39 is 5.91 Å². The highest BCUT2D eigenvalue weighted by Crippen LogP contribution is 2.31. The number of anilines is 2. The smallest absolute Gasteiger partial charge is 0.319 e. The Labute approximate surface area is 165 Å². The lowest BCUT2D eigenvalue weighted by molar-refractivity contribution is 0.0965. The molecule has 2 heterocycles. The van der Waals surface area contributed by atoms with Crippen LogP contribution in [0.3, 0.4) is 0 Å². The molecule has 0 aliphatic carbocycles. The molecule has 9 heteroatoms. The average Bonchev–Trinajstić information content (AvgIpc) is 3.04. The number of carbonyl (C=O) groups is 2. The van der Waals surface area contributed by atoms with Crippen LogP contribution in [0.15, 0.2) is 36.7 Å². The fourth-order valence-electron chi connectivity index (χ4n) is 2.65. The Kier molecular flexibility index (Phi) is 5.53. The van der Waals surface area contributed by atoms with Crippen molar-refractivity contribution in [2.24, 2.45) is 0 Å². The van der Waals surface area contributed by atoms with Crippen LogP contribution in [0, 0.1) is 0 Å². The lowest BCUT2D eigenvalue weighted by Crippen LogP contribution is -2.29. The van der Waals surface area contributed by atoms with E-state index in [-0.39, 0.29) is 21.6 Å². The molecule has 1 aromatic carbocycles. The zero-order valence-electron chi connectivity index (χ0n) is 14.4. The Morgan fingerprint density at radius 2 is 1.93 bits per heavy atom. The van der Waals surface area contributed by atoms with E-state index in [0.717, 1.165) is 6.42 Å². The van der Waals surface area contributed by atoms with E-state index in [1.165, 1.54) is 22.9 Å². The lowest BCUT2D eigenvalue weighted by Gasteiger charge is -2.12. The van der Waals surface area contributed by atoms with Crippen molar-refractivity contribution in [1.29, 1.82) is 0 Å². The third-order valence-corrected chi connectivity index (χ3v) is 4.51. The molecule has 0 saturated heterocycles. The Morgan fingerprint density at radius 3 is 2.59 bits per heavy atom. The summed E-state index contributed by atoms with van der Waals surface area (Å²) in [6.07, 6.45) is 3.92. The van der Waals surface area contributed by atoms with Crippen LogP contribution < -0.4 is 16.4 Å². The number of nitrogens with zero attached hydrogens (tertiary/aromatic N) is 2. The topological polar surface area (TPSA) is 102 Å². The van der Waals surface area contributed by atoms with E-state index in [1.807, 2.05) is 6.92 Å². The SMILES string of the molecule is CCCNC(=O)Nc1cc(Cl)c(C(=O)n2ccc3c(N)nccc32)c(Cl)c1. The number of rotatable bonds is 4. The Morgan fingerprint density at radius 1 is 1.22 bits per heavy atom. The molecule has 0 aliphatic heterocycles. The number of fused-ring (bicyclic) bond motifs is 1.